The number of urea groups is 1. The first-order valence-corrected chi connectivity index (χ1v) is 8.98. The minimum Gasteiger partial charge on any atom is -0.350 e. The fourth-order valence-corrected chi connectivity index (χ4v) is 3.45. The maximum absolute atomic E-state index is 12.8. The van der Waals surface area contributed by atoms with Crippen LogP contribution >= 0.6 is 23.2 Å². The van der Waals surface area contributed by atoms with Gasteiger partial charge in [0.15, 0.2) is 0 Å². The van der Waals surface area contributed by atoms with Crippen LogP contribution in [-0.4, -0.2) is 29.3 Å². The van der Waals surface area contributed by atoms with Gasteiger partial charge in [-0.3, -0.25) is 14.5 Å². The summed E-state index contributed by atoms with van der Waals surface area (Å²) in [4.78, 5) is 38.3. The summed E-state index contributed by atoms with van der Waals surface area (Å²) in [5, 5.41) is 6.18. The third kappa shape index (κ3) is 3.77. The Morgan fingerprint density at radius 1 is 1.07 bits per heavy atom. The van der Waals surface area contributed by atoms with Gasteiger partial charge in [-0.15, -0.1) is 0 Å². The number of amides is 4. The summed E-state index contributed by atoms with van der Waals surface area (Å²) in [6.07, 6.45) is 0. The van der Waals surface area contributed by atoms with E-state index in [4.69, 9.17) is 23.2 Å². The molecule has 2 N–H and O–H groups in total. The Balaban J connectivity index is 1.70. The highest BCUT2D eigenvalue weighted by atomic mass is 35.5. The van der Waals surface area contributed by atoms with E-state index in [0.29, 0.717) is 15.6 Å². The number of carbonyl (C=O) groups excluding carboxylic acids is 3. The monoisotopic (exact) mass is 405 g/mol. The van der Waals surface area contributed by atoms with Crippen molar-refractivity contribution in [2.75, 3.05) is 6.54 Å². The normalized spacial score (nSPS) is 19.1. The van der Waals surface area contributed by atoms with Gasteiger partial charge in [0.25, 0.3) is 5.91 Å². The van der Waals surface area contributed by atoms with Crippen LogP contribution in [0, 0.1) is 0 Å². The number of rotatable bonds is 5. The van der Waals surface area contributed by atoms with Crippen molar-refractivity contribution in [3.05, 3.63) is 69.7 Å². The van der Waals surface area contributed by atoms with Crippen molar-refractivity contribution in [3.63, 3.8) is 0 Å². The van der Waals surface area contributed by atoms with Gasteiger partial charge >= 0.3 is 6.03 Å². The summed E-state index contributed by atoms with van der Waals surface area (Å²) in [7, 11) is 0. The first-order valence-electron chi connectivity index (χ1n) is 8.22. The molecule has 4 amide bonds. The number of nitrogens with one attached hydrogen (secondary N) is 2. The van der Waals surface area contributed by atoms with Crippen molar-refractivity contribution < 1.29 is 14.4 Å². The van der Waals surface area contributed by atoms with E-state index in [9.17, 15) is 14.4 Å². The molecule has 6 nitrogen and oxygen atoms in total. The van der Waals surface area contributed by atoms with Crippen molar-refractivity contribution in [3.8, 4) is 0 Å². The molecular weight excluding hydrogens is 389 g/mol. The van der Waals surface area contributed by atoms with Gasteiger partial charge < -0.3 is 10.6 Å². The van der Waals surface area contributed by atoms with Gasteiger partial charge in [0, 0.05) is 22.2 Å². The van der Waals surface area contributed by atoms with E-state index in [1.54, 1.807) is 55.5 Å². The zero-order valence-electron chi connectivity index (χ0n) is 14.5. The molecule has 1 saturated heterocycles. The van der Waals surface area contributed by atoms with Crippen LogP contribution in [0.15, 0.2) is 48.5 Å². The third-order valence-electron chi connectivity index (χ3n) is 4.42. The van der Waals surface area contributed by atoms with Gasteiger partial charge in [-0.05, 0) is 24.6 Å². The lowest BCUT2D eigenvalue weighted by Crippen LogP contribution is -2.43. The molecule has 0 unspecified atom stereocenters. The lowest BCUT2D eigenvalue weighted by Gasteiger charge is -2.23. The largest absolute Gasteiger partial charge is 0.350 e. The summed E-state index contributed by atoms with van der Waals surface area (Å²) < 4.78 is 0. The molecule has 2 aromatic carbocycles. The van der Waals surface area contributed by atoms with Crippen LogP contribution in [0.1, 0.15) is 18.1 Å². The number of benzene rings is 2. The summed E-state index contributed by atoms with van der Waals surface area (Å²) in [5.41, 5.74) is -0.104. The Morgan fingerprint density at radius 3 is 2.37 bits per heavy atom. The van der Waals surface area contributed by atoms with Crippen LogP contribution in [0.2, 0.25) is 10.0 Å². The zero-order chi connectivity index (χ0) is 19.6. The van der Waals surface area contributed by atoms with Gasteiger partial charge in [0.05, 0.1) is 0 Å². The van der Waals surface area contributed by atoms with Crippen molar-refractivity contribution >= 4 is 41.0 Å². The fraction of sp³-hybridized carbons (Fsp3) is 0.211. The molecule has 1 aliphatic heterocycles. The predicted octanol–water partition coefficient (Wildman–Crippen LogP) is 3.08. The Kier molecular flexibility index (Phi) is 5.39. The molecule has 140 valence electrons. The van der Waals surface area contributed by atoms with Crippen LogP contribution in [0.5, 0.6) is 0 Å². The van der Waals surface area contributed by atoms with Crippen molar-refractivity contribution in [1.82, 2.24) is 15.5 Å². The number of nitrogens with zero attached hydrogens (tertiary/aromatic N) is 1. The van der Waals surface area contributed by atoms with Gasteiger partial charge in [0.2, 0.25) is 5.91 Å². The Bertz CT molecular complexity index is 919. The SMILES string of the molecule is C[C@]1(c2ccccc2Cl)NC(=O)N(CC(=O)NCc2ccccc2Cl)C1=O. The average molecular weight is 406 g/mol. The highest BCUT2D eigenvalue weighted by Crippen LogP contribution is 2.33. The molecule has 0 saturated carbocycles. The van der Waals surface area contributed by atoms with Gasteiger partial charge in [-0.2, -0.15) is 0 Å². The predicted molar refractivity (Wildman–Crippen MR) is 102 cm³/mol. The molecule has 3 rings (SSSR count). The van der Waals surface area contributed by atoms with Crippen LogP contribution in [0.3, 0.4) is 0 Å². The molecule has 1 heterocycles. The molecule has 0 radical (unpaired) electrons. The summed E-state index contributed by atoms with van der Waals surface area (Å²) in [6, 6.07) is 13.2. The smallest absolute Gasteiger partial charge is 0.325 e. The van der Waals surface area contributed by atoms with Crippen molar-refractivity contribution in [2.24, 2.45) is 0 Å². The van der Waals surface area contributed by atoms with E-state index >= 15 is 0 Å². The number of carbonyl (C=O) groups is 3. The Morgan fingerprint density at radius 2 is 1.70 bits per heavy atom. The van der Waals surface area contributed by atoms with Crippen LogP contribution in [-0.2, 0) is 21.7 Å². The lowest BCUT2D eigenvalue weighted by atomic mass is 9.92. The highest BCUT2D eigenvalue weighted by Gasteiger charge is 2.50. The van der Waals surface area contributed by atoms with Crippen LogP contribution in [0.25, 0.3) is 0 Å². The molecule has 27 heavy (non-hydrogen) atoms. The van der Waals surface area contributed by atoms with E-state index in [-0.39, 0.29) is 6.54 Å². The molecule has 8 heteroatoms. The second-order valence-corrected chi connectivity index (χ2v) is 7.11. The molecule has 0 spiro atoms. The standard InChI is InChI=1S/C19H17Cl2N3O3/c1-19(13-7-3-5-9-15(13)21)17(26)24(18(27)23-19)11-16(25)22-10-12-6-2-4-8-14(12)20/h2-9H,10-11H2,1H3,(H,22,25)(H,23,27)/t19-/m1/s1. The molecular formula is C19H17Cl2N3O3. The van der Waals surface area contributed by atoms with Gasteiger partial charge in [-0.25, -0.2) is 4.79 Å². The van der Waals surface area contributed by atoms with E-state index in [2.05, 4.69) is 10.6 Å². The summed E-state index contributed by atoms with van der Waals surface area (Å²) >= 11 is 12.2. The second-order valence-electron chi connectivity index (χ2n) is 6.29. The molecule has 2 aromatic rings. The Hall–Kier alpha value is -2.57. The fourth-order valence-electron chi connectivity index (χ4n) is 2.92. The minimum atomic E-state index is -1.32. The first kappa shape index (κ1) is 19.2. The minimum absolute atomic E-state index is 0.198. The molecule has 1 aliphatic rings. The summed E-state index contributed by atoms with van der Waals surface area (Å²) in [6.45, 7) is 1.37. The Labute approximate surface area is 166 Å². The number of hydrogen-bond acceptors (Lipinski definition) is 3. The molecule has 0 aliphatic carbocycles. The zero-order valence-corrected chi connectivity index (χ0v) is 16.0. The van der Waals surface area contributed by atoms with Crippen molar-refractivity contribution in [2.45, 2.75) is 19.0 Å². The number of halogens is 2. The quantitative estimate of drug-likeness (QED) is 0.750. The van der Waals surface area contributed by atoms with Gasteiger partial charge in [0.1, 0.15) is 12.1 Å². The second kappa shape index (κ2) is 7.58. The molecule has 1 atom stereocenters. The maximum atomic E-state index is 12.8. The van der Waals surface area contributed by atoms with E-state index in [1.807, 2.05) is 0 Å². The average Bonchev–Trinajstić information content (AvgIpc) is 2.85. The number of hydrogen-bond donors (Lipinski definition) is 2. The lowest BCUT2D eigenvalue weighted by molar-refractivity contribution is -0.134. The van der Waals surface area contributed by atoms with Gasteiger partial charge in [-0.1, -0.05) is 59.6 Å². The van der Waals surface area contributed by atoms with E-state index < -0.39 is 29.9 Å². The van der Waals surface area contributed by atoms with Crippen molar-refractivity contribution in [1.29, 1.82) is 0 Å². The van der Waals surface area contributed by atoms with E-state index in [1.165, 1.54) is 0 Å². The number of imide groups is 1. The highest BCUT2D eigenvalue weighted by molar-refractivity contribution is 6.32. The maximum Gasteiger partial charge on any atom is 0.325 e. The van der Waals surface area contributed by atoms with E-state index in [0.717, 1.165) is 10.5 Å². The molecule has 0 bridgehead atoms. The third-order valence-corrected chi connectivity index (χ3v) is 5.12. The van der Waals surface area contributed by atoms with Crippen LogP contribution in [0.4, 0.5) is 4.79 Å². The topological polar surface area (TPSA) is 78.5 Å². The first-order chi connectivity index (χ1) is 12.8. The molecule has 0 aromatic heterocycles. The summed E-state index contributed by atoms with van der Waals surface area (Å²) in [5.74, 6) is -1.00. The molecule has 1 fully saturated rings. The van der Waals surface area contributed by atoms with Crippen LogP contribution < -0.4 is 10.6 Å².